The average molecular weight is 479 g/mol. The Kier molecular flexibility index (Phi) is 5.37. The molecule has 2 aliphatic rings. The maximum atomic E-state index is 13.4. The molecule has 1 heterocycles. The van der Waals surface area contributed by atoms with Crippen molar-refractivity contribution in [1.82, 2.24) is 4.31 Å². The number of nitrogens with one attached hydrogen (secondary N) is 1. The van der Waals surface area contributed by atoms with Crippen molar-refractivity contribution in [3.63, 3.8) is 0 Å². The molecule has 1 aliphatic heterocycles. The second kappa shape index (κ2) is 8.14. The molecule has 3 aromatic carbocycles. The monoisotopic (exact) mass is 478 g/mol. The third kappa shape index (κ3) is 3.73. The minimum Gasteiger partial charge on any atom is -0.454 e. The van der Waals surface area contributed by atoms with Gasteiger partial charge in [-0.3, -0.25) is 4.79 Å². The van der Waals surface area contributed by atoms with E-state index in [4.69, 9.17) is 9.47 Å². The van der Waals surface area contributed by atoms with Crippen molar-refractivity contribution in [1.29, 1.82) is 0 Å². The number of carbonyl (C=O) groups excluding carboxylic acids is 1. The van der Waals surface area contributed by atoms with E-state index in [-0.39, 0.29) is 17.6 Å². The van der Waals surface area contributed by atoms with E-state index in [1.165, 1.54) is 18.4 Å². The second-order valence-electron chi connectivity index (χ2n) is 8.90. The fourth-order valence-electron chi connectivity index (χ4n) is 4.33. The van der Waals surface area contributed by atoms with Crippen LogP contribution in [0.5, 0.6) is 11.5 Å². The summed E-state index contributed by atoms with van der Waals surface area (Å²) in [5, 5.41) is 3.11. The summed E-state index contributed by atoms with van der Waals surface area (Å²) >= 11 is 0. The Bertz CT molecular complexity index is 1390. The summed E-state index contributed by atoms with van der Waals surface area (Å²) < 4.78 is 37.3. The minimum atomic E-state index is -3.55. The Morgan fingerprint density at radius 1 is 0.971 bits per heavy atom. The summed E-state index contributed by atoms with van der Waals surface area (Å²) in [6.07, 6.45) is 1.53. The third-order valence-electron chi connectivity index (χ3n) is 6.62. The molecule has 1 aliphatic carbocycles. The maximum Gasteiger partial charge on any atom is 0.242 e. The number of hydrogen-bond donors (Lipinski definition) is 1. The standard InChI is InChI=1S/C26H26N2O5S/c1-17-21(18-6-4-7-20(14-18)34(30,31)28(2)3)8-5-9-22(17)27-25(29)26(12-13-26)19-10-11-23-24(15-19)33-16-32-23/h4-11,14-15H,12-13,16H2,1-3H3,(H,27,29). The van der Waals surface area contributed by atoms with Crippen LogP contribution in [-0.4, -0.2) is 39.5 Å². The highest BCUT2D eigenvalue weighted by Gasteiger charge is 2.51. The topological polar surface area (TPSA) is 84.9 Å². The van der Waals surface area contributed by atoms with Crippen LogP contribution in [0.2, 0.25) is 0 Å². The zero-order chi connectivity index (χ0) is 24.1. The van der Waals surface area contributed by atoms with Crippen molar-refractivity contribution >= 4 is 21.6 Å². The van der Waals surface area contributed by atoms with Crippen molar-refractivity contribution in [3.05, 3.63) is 71.8 Å². The van der Waals surface area contributed by atoms with Crippen molar-refractivity contribution in [2.24, 2.45) is 0 Å². The lowest BCUT2D eigenvalue weighted by molar-refractivity contribution is -0.118. The van der Waals surface area contributed by atoms with Gasteiger partial charge >= 0.3 is 0 Å². The van der Waals surface area contributed by atoms with Crippen LogP contribution in [0.1, 0.15) is 24.0 Å². The molecule has 1 N–H and O–H groups in total. The molecule has 1 saturated carbocycles. The normalized spacial score (nSPS) is 15.9. The van der Waals surface area contributed by atoms with Crippen LogP contribution in [0.3, 0.4) is 0 Å². The molecule has 0 spiro atoms. The summed E-state index contributed by atoms with van der Waals surface area (Å²) in [6, 6.07) is 18.2. The molecule has 34 heavy (non-hydrogen) atoms. The number of anilines is 1. The van der Waals surface area contributed by atoms with Gasteiger partial charge in [0.15, 0.2) is 11.5 Å². The lowest BCUT2D eigenvalue weighted by atomic mass is 9.93. The molecule has 0 unspecified atom stereocenters. The molecule has 0 bridgehead atoms. The molecule has 0 atom stereocenters. The van der Waals surface area contributed by atoms with Crippen molar-refractivity contribution in [3.8, 4) is 22.6 Å². The molecule has 1 amide bonds. The van der Waals surface area contributed by atoms with Crippen LogP contribution in [0, 0.1) is 6.92 Å². The fourth-order valence-corrected chi connectivity index (χ4v) is 5.27. The number of rotatable bonds is 6. The van der Waals surface area contributed by atoms with Gasteiger partial charge in [-0.15, -0.1) is 0 Å². The highest BCUT2D eigenvalue weighted by atomic mass is 32.2. The lowest BCUT2D eigenvalue weighted by Gasteiger charge is -2.19. The van der Waals surface area contributed by atoms with Crippen molar-refractivity contribution in [2.45, 2.75) is 30.1 Å². The number of ether oxygens (including phenoxy) is 2. The van der Waals surface area contributed by atoms with Gasteiger partial charge in [-0.2, -0.15) is 0 Å². The van der Waals surface area contributed by atoms with Gasteiger partial charge < -0.3 is 14.8 Å². The van der Waals surface area contributed by atoms with Crippen LogP contribution >= 0.6 is 0 Å². The van der Waals surface area contributed by atoms with Crippen LogP contribution in [-0.2, 0) is 20.2 Å². The Labute approximate surface area is 199 Å². The van der Waals surface area contributed by atoms with Gasteiger partial charge in [0, 0.05) is 19.8 Å². The molecule has 7 nitrogen and oxygen atoms in total. The smallest absolute Gasteiger partial charge is 0.242 e. The molecule has 3 aromatic rings. The van der Waals surface area contributed by atoms with Crippen molar-refractivity contribution in [2.75, 3.05) is 26.2 Å². The lowest BCUT2D eigenvalue weighted by Crippen LogP contribution is -2.28. The highest BCUT2D eigenvalue weighted by Crippen LogP contribution is 2.51. The molecular formula is C26H26N2O5S. The van der Waals surface area contributed by atoms with Crippen LogP contribution in [0.25, 0.3) is 11.1 Å². The second-order valence-corrected chi connectivity index (χ2v) is 11.0. The Balaban J connectivity index is 1.43. The quantitative estimate of drug-likeness (QED) is 0.571. The summed E-state index contributed by atoms with van der Waals surface area (Å²) in [6.45, 7) is 2.12. The predicted molar refractivity (Wildman–Crippen MR) is 130 cm³/mol. The number of carbonyl (C=O) groups is 1. The van der Waals surface area contributed by atoms with Gasteiger partial charge in [-0.25, -0.2) is 12.7 Å². The van der Waals surface area contributed by atoms with E-state index in [0.29, 0.717) is 17.2 Å². The maximum absolute atomic E-state index is 13.4. The van der Waals surface area contributed by atoms with Gasteiger partial charge in [0.05, 0.1) is 10.3 Å². The first kappa shape index (κ1) is 22.4. The summed E-state index contributed by atoms with van der Waals surface area (Å²) in [5.74, 6) is 1.31. The van der Waals surface area contributed by atoms with Gasteiger partial charge in [-0.05, 0) is 72.4 Å². The largest absolute Gasteiger partial charge is 0.454 e. The Hall–Kier alpha value is -3.36. The third-order valence-corrected chi connectivity index (χ3v) is 8.43. The number of fused-ring (bicyclic) bond motifs is 1. The van der Waals surface area contributed by atoms with Crippen LogP contribution in [0.4, 0.5) is 5.69 Å². The zero-order valence-electron chi connectivity index (χ0n) is 19.3. The van der Waals surface area contributed by atoms with E-state index < -0.39 is 15.4 Å². The number of benzene rings is 3. The van der Waals surface area contributed by atoms with Crippen LogP contribution < -0.4 is 14.8 Å². The SMILES string of the molecule is Cc1c(NC(=O)C2(c3ccc4c(c3)OCO4)CC2)cccc1-c1cccc(S(=O)(=O)N(C)C)c1. The summed E-state index contributed by atoms with van der Waals surface area (Å²) in [4.78, 5) is 13.6. The zero-order valence-corrected chi connectivity index (χ0v) is 20.1. The molecular weight excluding hydrogens is 452 g/mol. The number of sulfonamides is 1. The Morgan fingerprint density at radius 3 is 2.44 bits per heavy atom. The van der Waals surface area contributed by atoms with E-state index in [1.807, 2.05) is 49.4 Å². The van der Waals surface area contributed by atoms with E-state index in [2.05, 4.69) is 5.32 Å². The van der Waals surface area contributed by atoms with E-state index >= 15 is 0 Å². The van der Waals surface area contributed by atoms with E-state index in [9.17, 15) is 13.2 Å². The van der Waals surface area contributed by atoms with Gasteiger partial charge in [0.2, 0.25) is 22.7 Å². The first-order chi connectivity index (χ1) is 16.2. The minimum absolute atomic E-state index is 0.0597. The van der Waals surface area contributed by atoms with Crippen molar-refractivity contribution < 1.29 is 22.7 Å². The summed E-state index contributed by atoms with van der Waals surface area (Å²) in [5.41, 5.74) is 3.55. The molecule has 0 radical (unpaired) electrons. The van der Waals surface area contributed by atoms with Gasteiger partial charge in [0.25, 0.3) is 0 Å². The molecule has 176 valence electrons. The van der Waals surface area contributed by atoms with E-state index in [1.54, 1.807) is 18.2 Å². The number of amides is 1. The Morgan fingerprint density at radius 2 is 1.71 bits per heavy atom. The highest BCUT2D eigenvalue weighted by molar-refractivity contribution is 7.89. The molecule has 1 fully saturated rings. The average Bonchev–Trinajstić information content (AvgIpc) is 3.51. The summed E-state index contributed by atoms with van der Waals surface area (Å²) in [7, 11) is -0.529. The molecule has 5 rings (SSSR count). The number of hydrogen-bond acceptors (Lipinski definition) is 5. The first-order valence-electron chi connectivity index (χ1n) is 11.1. The van der Waals surface area contributed by atoms with Gasteiger partial charge in [-0.1, -0.05) is 30.3 Å². The molecule has 0 aromatic heterocycles. The fraction of sp³-hybridized carbons (Fsp3) is 0.269. The molecule has 8 heteroatoms. The van der Waals surface area contributed by atoms with E-state index in [0.717, 1.165) is 35.1 Å². The van der Waals surface area contributed by atoms with Crippen LogP contribution in [0.15, 0.2) is 65.6 Å². The molecule has 0 saturated heterocycles. The predicted octanol–water partition coefficient (Wildman–Crippen LogP) is 4.31. The number of nitrogens with zero attached hydrogens (tertiary/aromatic N) is 1. The van der Waals surface area contributed by atoms with Gasteiger partial charge in [0.1, 0.15) is 0 Å². The first-order valence-corrected chi connectivity index (χ1v) is 12.5.